The van der Waals surface area contributed by atoms with Gasteiger partial charge >= 0.3 is 0 Å². The maximum Gasteiger partial charge on any atom is 0.118 e. The molecule has 2 aromatic carbocycles. The van der Waals surface area contributed by atoms with Crippen LogP contribution in [0.25, 0.3) is 0 Å². The van der Waals surface area contributed by atoms with Gasteiger partial charge in [-0.05, 0) is 42.3 Å². The predicted octanol–water partition coefficient (Wildman–Crippen LogP) is 3.25. The zero-order valence-corrected chi connectivity index (χ0v) is 11.3. The Hall–Kier alpha value is -2.00. The van der Waals surface area contributed by atoms with Gasteiger partial charge in [-0.3, -0.25) is 0 Å². The van der Waals surface area contributed by atoms with Crippen molar-refractivity contribution >= 4 is 0 Å². The van der Waals surface area contributed by atoms with E-state index in [0.717, 1.165) is 17.9 Å². The van der Waals surface area contributed by atoms with Crippen LogP contribution in [0.5, 0.6) is 11.5 Å². The minimum atomic E-state index is 0.264. The zero-order valence-electron chi connectivity index (χ0n) is 11.3. The topological polar surface area (TPSA) is 41.5 Å². The van der Waals surface area contributed by atoms with Crippen molar-refractivity contribution in [1.29, 1.82) is 0 Å². The normalized spacial score (nSPS) is 12.1. The Morgan fingerprint density at radius 1 is 1.05 bits per heavy atom. The minimum Gasteiger partial charge on any atom is -0.508 e. The molecular weight excluding hydrogens is 238 g/mol. The molecule has 0 aliphatic carbocycles. The molecule has 3 nitrogen and oxygen atoms in total. The number of phenols is 1. The van der Waals surface area contributed by atoms with E-state index in [9.17, 15) is 5.11 Å². The Morgan fingerprint density at radius 2 is 1.68 bits per heavy atom. The van der Waals surface area contributed by atoms with E-state index in [1.165, 1.54) is 5.56 Å². The summed E-state index contributed by atoms with van der Waals surface area (Å²) in [7, 11) is 1.67. The maximum absolute atomic E-state index is 9.23. The van der Waals surface area contributed by atoms with Crippen LogP contribution >= 0.6 is 0 Å². The summed E-state index contributed by atoms with van der Waals surface area (Å²) in [5, 5.41) is 12.7. The van der Waals surface area contributed by atoms with E-state index >= 15 is 0 Å². The lowest BCUT2D eigenvalue weighted by Gasteiger charge is -2.14. The predicted molar refractivity (Wildman–Crippen MR) is 76.4 cm³/mol. The maximum atomic E-state index is 9.23. The molecule has 0 aliphatic rings. The first-order chi connectivity index (χ1) is 9.19. The van der Waals surface area contributed by atoms with Crippen LogP contribution in [-0.2, 0) is 6.54 Å². The van der Waals surface area contributed by atoms with E-state index < -0.39 is 0 Å². The van der Waals surface area contributed by atoms with E-state index in [-0.39, 0.29) is 6.04 Å². The number of ether oxygens (including phenoxy) is 1. The smallest absolute Gasteiger partial charge is 0.118 e. The van der Waals surface area contributed by atoms with Gasteiger partial charge < -0.3 is 15.2 Å². The first-order valence-corrected chi connectivity index (χ1v) is 6.34. The second-order valence-electron chi connectivity index (χ2n) is 4.54. The Balaban J connectivity index is 1.93. The number of rotatable bonds is 5. The lowest BCUT2D eigenvalue weighted by atomic mass is 10.1. The molecule has 2 aromatic rings. The van der Waals surface area contributed by atoms with Crippen LogP contribution in [0.3, 0.4) is 0 Å². The molecule has 0 saturated heterocycles. The van der Waals surface area contributed by atoms with Crippen molar-refractivity contribution < 1.29 is 9.84 Å². The molecule has 1 atom stereocenters. The third-order valence-corrected chi connectivity index (χ3v) is 3.16. The van der Waals surface area contributed by atoms with Crippen molar-refractivity contribution in [3.05, 3.63) is 59.7 Å². The van der Waals surface area contributed by atoms with Gasteiger partial charge in [0.05, 0.1) is 7.11 Å². The highest BCUT2D eigenvalue weighted by Crippen LogP contribution is 2.18. The van der Waals surface area contributed by atoms with E-state index in [1.54, 1.807) is 19.2 Å². The molecule has 0 bridgehead atoms. The van der Waals surface area contributed by atoms with Crippen LogP contribution < -0.4 is 10.1 Å². The van der Waals surface area contributed by atoms with Crippen molar-refractivity contribution in [2.45, 2.75) is 19.5 Å². The van der Waals surface area contributed by atoms with Gasteiger partial charge in [-0.2, -0.15) is 0 Å². The van der Waals surface area contributed by atoms with Gasteiger partial charge in [-0.25, -0.2) is 0 Å². The quantitative estimate of drug-likeness (QED) is 0.864. The molecule has 0 fully saturated rings. The molecular formula is C16H19NO2. The van der Waals surface area contributed by atoms with Crippen LogP contribution in [0.15, 0.2) is 48.5 Å². The van der Waals surface area contributed by atoms with Crippen molar-refractivity contribution in [2.75, 3.05) is 7.11 Å². The minimum absolute atomic E-state index is 0.264. The number of benzene rings is 2. The summed E-state index contributed by atoms with van der Waals surface area (Å²) in [6.45, 7) is 2.90. The summed E-state index contributed by atoms with van der Waals surface area (Å²) < 4.78 is 5.15. The number of hydrogen-bond acceptors (Lipinski definition) is 3. The summed E-state index contributed by atoms with van der Waals surface area (Å²) in [5.74, 6) is 1.17. The van der Waals surface area contributed by atoms with Crippen molar-refractivity contribution in [2.24, 2.45) is 0 Å². The fourth-order valence-electron chi connectivity index (χ4n) is 1.90. The van der Waals surface area contributed by atoms with Crippen molar-refractivity contribution in [1.82, 2.24) is 5.32 Å². The van der Waals surface area contributed by atoms with Crippen molar-refractivity contribution in [3.8, 4) is 11.5 Å². The third-order valence-electron chi connectivity index (χ3n) is 3.16. The van der Waals surface area contributed by atoms with Crippen LogP contribution in [-0.4, -0.2) is 12.2 Å². The van der Waals surface area contributed by atoms with E-state index in [1.807, 2.05) is 24.3 Å². The molecule has 100 valence electrons. The average molecular weight is 257 g/mol. The summed E-state index contributed by atoms with van der Waals surface area (Å²) >= 11 is 0. The SMILES string of the molecule is COc1ccc([C@@H](C)NCc2ccc(O)cc2)cc1. The second-order valence-corrected chi connectivity index (χ2v) is 4.54. The average Bonchev–Trinajstić information content (AvgIpc) is 2.46. The monoisotopic (exact) mass is 257 g/mol. The summed E-state index contributed by atoms with van der Waals surface area (Å²) in [6.07, 6.45) is 0. The molecule has 0 aromatic heterocycles. The first kappa shape index (κ1) is 13.4. The van der Waals surface area contributed by atoms with Crippen molar-refractivity contribution in [3.63, 3.8) is 0 Å². The number of aromatic hydroxyl groups is 1. The van der Waals surface area contributed by atoms with Crippen LogP contribution in [0.1, 0.15) is 24.1 Å². The lowest BCUT2D eigenvalue weighted by molar-refractivity contribution is 0.414. The molecule has 0 saturated carbocycles. The largest absolute Gasteiger partial charge is 0.508 e. The van der Waals surface area contributed by atoms with Crippen LogP contribution in [0.2, 0.25) is 0 Å². The highest BCUT2D eigenvalue weighted by Gasteiger charge is 2.05. The van der Waals surface area contributed by atoms with Crippen LogP contribution in [0, 0.1) is 0 Å². The molecule has 0 spiro atoms. The number of nitrogens with one attached hydrogen (secondary N) is 1. The number of methoxy groups -OCH3 is 1. The molecule has 2 N–H and O–H groups in total. The Labute approximate surface area is 113 Å². The van der Waals surface area contributed by atoms with E-state index in [2.05, 4.69) is 24.4 Å². The fourth-order valence-corrected chi connectivity index (χ4v) is 1.90. The van der Waals surface area contributed by atoms with E-state index in [4.69, 9.17) is 4.74 Å². The van der Waals surface area contributed by atoms with Gasteiger partial charge in [-0.1, -0.05) is 24.3 Å². The standard InChI is InChI=1S/C16H19NO2/c1-12(14-5-9-16(19-2)10-6-14)17-11-13-3-7-15(18)8-4-13/h3-10,12,17-18H,11H2,1-2H3/t12-/m1/s1. The lowest BCUT2D eigenvalue weighted by Crippen LogP contribution is -2.17. The first-order valence-electron chi connectivity index (χ1n) is 6.34. The van der Waals surface area contributed by atoms with Gasteiger partial charge in [0.15, 0.2) is 0 Å². The number of phenolic OH excluding ortho intramolecular Hbond substituents is 1. The molecule has 0 radical (unpaired) electrons. The Morgan fingerprint density at radius 3 is 2.26 bits per heavy atom. The van der Waals surface area contributed by atoms with Crippen LogP contribution in [0.4, 0.5) is 0 Å². The molecule has 3 heteroatoms. The molecule has 2 rings (SSSR count). The second kappa shape index (κ2) is 6.25. The Bertz CT molecular complexity index is 505. The van der Waals surface area contributed by atoms with Gasteiger partial charge in [0.25, 0.3) is 0 Å². The van der Waals surface area contributed by atoms with Gasteiger partial charge in [0.1, 0.15) is 11.5 Å². The molecule has 19 heavy (non-hydrogen) atoms. The molecule has 0 heterocycles. The molecule has 0 unspecified atom stereocenters. The molecule has 0 amide bonds. The van der Waals surface area contributed by atoms with E-state index in [0.29, 0.717) is 5.75 Å². The molecule has 0 aliphatic heterocycles. The fraction of sp³-hybridized carbons (Fsp3) is 0.250. The van der Waals surface area contributed by atoms with Gasteiger partial charge in [-0.15, -0.1) is 0 Å². The van der Waals surface area contributed by atoms with Gasteiger partial charge in [0.2, 0.25) is 0 Å². The number of hydrogen-bond donors (Lipinski definition) is 2. The Kier molecular flexibility index (Phi) is 4.42. The summed E-state index contributed by atoms with van der Waals surface area (Å²) in [6, 6.07) is 15.6. The third kappa shape index (κ3) is 3.73. The summed E-state index contributed by atoms with van der Waals surface area (Å²) in [5.41, 5.74) is 2.37. The zero-order chi connectivity index (χ0) is 13.7. The summed E-state index contributed by atoms with van der Waals surface area (Å²) in [4.78, 5) is 0. The highest BCUT2D eigenvalue weighted by atomic mass is 16.5. The highest BCUT2D eigenvalue weighted by molar-refractivity contribution is 5.29. The van der Waals surface area contributed by atoms with Gasteiger partial charge in [0, 0.05) is 12.6 Å².